The van der Waals surface area contributed by atoms with Gasteiger partial charge in [0.2, 0.25) is 0 Å². The van der Waals surface area contributed by atoms with Gasteiger partial charge in [0.25, 0.3) is 0 Å². The van der Waals surface area contributed by atoms with Crippen LogP contribution in [0.1, 0.15) is 138 Å². The first-order valence-corrected chi connectivity index (χ1v) is 19.2. The summed E-state index contributed by atoms with van der Waals surface area (Å²) in [7, 11) is 0. The van der Waals surface area contributed by atoms with Crippen LogP contribution in [0.4, 0.5) is 13.2 Å². The number of aliphatic carboxylic acids is 1. The number of aryl methyl sites for hydroxylation is 6. The van der Waals surface area contributed by atoms with Gasteiger partial charge in [-0.3, -0.25) is 9.79 Å². The third-order valence-electron chi connectivity index (χ3n) is 10.1. The minimum Gasteiger partial charge on any atom is -0.542 e. The quantitative estimate of drug-likeness (QED) is 0.122. The Kier molecular flexibility index (Phi) is 17.3. The molecule has 2 atom stereocenters. The zero-order chi connectivity index (χ0) is 39.8. The monoisotopic (exact) mass is 742 g/mol. The average molecular weight is 743 g/mol. The summed E-state index contributed by atoms with van der Waals surface area (Å²) in [6.45, 7) is 13.0. The molecular weight excluding hydrogens is 686 g/mol. The number of hydrogen-bond donors (Lipinski definition) is 1. The first kappa shape index (κ1) is 43.8. The van der Waals surface area contributed by atoms with E-state index < -0.39 is 12.1 Å². The molecule has 2 unspecified atom stereocenters. The van der Waals surface area contributed by atoms with Crippen LogP contribution in [0.3, 0.4) is 0 Å². The molecular formula is C46H57F3N2O3. The third kappa shape index (κ3) is 13.4. The summed E-state index contributed by atoms with van der Waals surface area (Å²) in [5.41, 5.74) is 18.5. The van der Waals surface area contributed by atoms with Gasteiger partial charge in [-0.05, 0) is 117 Å². The number of nitrogens with zero attached hydrogens (tertiary/aromatic N) is 1. The molecule has 54 heavy (non-hydrogen) atoms. The van der Waals surface area contributed by atoms with Gasteiger partial charge in [-0.1, -0.05) is 105 Å². The Morgan fingerprint density at radius 2 is 1.39 bits per heavy atom. The zero-order valence-corrected chi connectivity index (χ0v) is 32.8. The Labute approximate surface area is 319 Å². The first-order chi connectivity index (χ1) is 25.7. The topological polar surface area (TPSA) is 97.2 Å². The van der Waals surface area contributed by atoms with Crippen LogP contribution < -0.4 is 10.8 Å². The molecule has 1 aliphatic heterocycles. The minimum atomic E-state index is -5.19. The van der Waals surface area contributed by atoms with Crippen molar-refractivity contribution in [3.63, 3.8) is 0 Å². The van der Waals surface area contributed by atoms with Crippen molar-refractivity contribution >= 4 is 17.5 Å². The highest BCUT2D eigenvalue weighted by molar-refractivity contribution is 6.02. The van der Waals surface area contributed by atoms with Crippen LogP contribution in [0.5, 0.6) is 0 Å². The maximum Gasteiger partial charge on any atom is 0.430 e. The van der Waals surface area contributed by atoms with E-state index >= 15 is 0 Å². The lowest BCUT2D eigenvalue weighted by molar-refractivity contribution is -0.428. The molecule has 5 rings (SSSR count). The molecule has 290 valence electrons. The highest BCUT2D eigenvalue weighted by Gasteiger charge is 2.29. The molecule has 0 radical (unpaired) electrons. The van der Waals surface area contributed by atoms with Crippen LogP contribution in [0.15, 0.2) is 89.9 Å². The van der Waals surface area contributed by atoms with E-state index in [1.165, 1.54) is 69.5 Å². The number of carbonyl (C=O) groups is 2. The maximum atomic E-state index is 12.3. The molecule has 0 fully saturated rings. The molecule has 5 nitrogen and oxygen atoms in total. The number of aliphatic imine (C=N–C) groups is 1. The van der Waals surface area contributed by atoms with E-state index in [2.05, 4.69) is 101 Å². The van der Waals surface area contributed by atoms with E-state index in [0.717, 1.165) is 49.7 Å². The zero-order valence-electron chi connectivity index (χ0n) is 32.8. The number of benzene rings is 4. The summed E-state index contributed by atoms with van der Waals surface area (Å²) in [4.78, 5) is 26.3. The molecule has 0 spiro atoms. The molecule has 0 saturated carbocycles. The van der Waals surface area contributed by atoms with Crippen LogP contribution in [-0.4, -0.2) is 23.6 Å². The van der Waals surface area contributed by atoms with E-state index in [1.54, 1.807) is 0 Å². The van der Waals surface area contributed by atoms with Gasteiger partial charge in [-0.2, -0.15) is 13.2 Å². The van der Waals surface area contributed by atoms with Crippen molar-refractivity contribution in [2.75, 3.05) is 0 Å². The number of unbranched alkanes of at least 4 members (excludes halogenated alkanes) is 1. The van der Waals surface area contributed by atoms with Crippen LogP contribution in [0, 0.1) is 27.7 Å². The summed E-state index contributed by atoms with van der Waals surface area (Å²) in [5, 5.41) is 8.78. The summed E-state index contributed by atoms with van der Waals surface area (Å²) in [6, 6.07) is 30.8. The van der Waals surface area contributed by atoms with Crippen molar-refractivity contribution in [3.05, 3.63) is 141 Å². The van der Waals surface area contributed by atoms with E-state index in [1.807, 2.05) is 31.2 Å². The summed E-state index contributed by atoms with van der Waals surface area (Å²) in [6.07, 6.45) is 5.40. The number of halogens is 3. The predicted molar refractivity (Wildman–Crippen MR) is 211 cm³/mol. The molecule has 0 amide bonds. The second-order valence-electron chi connectivity index (χ2n) is 14.2. The molecule has 8 heteroatoms. The van der Waals surface area contributed by atoms with Gasteiger partial charge >= 0.3 is 6.18 Å². The fourth-order valence-electron chi connectivity index (χ4n) is 6.87. The second kappa shape index (κ2) is 21.4. The van der Waals surface area contributed by atoms with Gasteiger partial charge in [-0.15, -0.1) is 0 Å². The van der Waals surface area contributed by atoms with Crippen LogP contribution >= 0.6 is 0 Å². The average Bonchev–Trinajstić information content (AvgIpc) is 3.40. The van der Waals surface area contributed by atoms with E-state index in [-0.39, 0.29) is 5.78 Å². The number of ketones is 1. The lowest BCUT2D eigenvalue weighted by atomic mass is 9.94. The Morgan fingerprint density at radius 1 is 0.796 bits per heavy atom. The molecule has 0 aromatic heterocycles. The standard InChI is InChI=1S/C22H29NO.C22H27N.C2HF3O2/c1-4-18-13-14-19(17(3)15-18)21(23)11-7-8-12-22(24)20-10-6-5-9-16(20)2;1-4-18-13-14-20(17(3)15-18)22-12-8-7-11-21(23-22)19-10-6-5-9-16(19)2;3-2(4,5)1(6)7/h5-6,9-10,13-15,21H,4,7-8,11-12,23H2,1-3H3;5-6,9-10,13-15,22H,4,7-8,11-12H2,1-3H3;(H,6,7). The Bertz CT molecular complexity index is 1860. The van der Waals surface area contributed by atoms with E-state index in [0.29, 0.717) is 18.5 Å². The van der Waals surface area contributed by atoms with Gasteiger partial charge in [0.15, 0.2) is 5.78 Å². The highest BCUT2D eigenvalue weighted by atomic mass is 19.4. The van der Waals surface area contributed by atoms with Crippen LogP contribution in [0.2, 0.25) is 0 Å². The summed E-state index contributed by atoms with van der Waals surface area (Å²) in [5.74, 6) is -2.75. The Hall–Kier alpha value is -4.56. The van der Waals surface area contributed by atoms with Crippen molar-refractivity contribution in [2.24, 2.45) is 4.99 Å². The molecule has 3 N–H and O–H groups in total. The van der Waals surface area contributed by atoms with Gasteiger partial charge in [0, 0.05) is 29.7 Å². The minimum absolute atomic E-state index is 0.261. The van der Waals surface area contributed by atoms with Crippen LogP contribution in [-0.2, 0) is 17.6 Å². The molecule has 1 aliphatic rings. The Balaban J connectivity index is 0.000000247. The Morgan fingerprint density at radius 3 is 1.96 bits per heavy atom. The lowest BCUT2D eigenvalue weighted by Crippen LogP contribution is -2.53. The molecule has 4 aromatic carbocycles. The smallest absolute Gasteiger partial charge is 0.430 e. The molecule has 0 saturated heterocycles. The number of carboxylic acid groups (broad SMARTS) is 1. The number of Topliss-reactive ketones (excluding diaryl/α,β-unsaturated/α-hetero) is 1. The van der Waals surface area contributed by atoms with Gasteiger partial charge in [0.1, 0.15) is 12.0 Å². The SMILES string of the molecule is CCc1ccc(C([NH3+])CCCCC(=O)c2ccccc2C)c(C)c1.CCc1ccc(C2CCCCC(c3ccccc3C)=N2)c(C)c1.O=C([O-])C(F)(F)F. The predicted octanol–water partition coefficient (Wildman–Crippen LogP) is 9.86. The van der Waals surface area contributed by atoms with Gasteiger partial charge in [-0.25, -0.2) is 0 Å². The summed E-state index contributed by atoms with van der Waals surface area (Å²) < 4.78 is 31.5. The fourth-order valence-corrected chi connectivity index (χ4v) is 6.87. The normalized spacial score (nSPS) is 14.7. The van der Waals surface area contributed by atoms with Crippen molar-refractivity contribution in [2.45, 2.75) is 124 Å². The van der Waals surface area contributed by atoms with Crippen molar-refractivity contribution in [1.29, 1.82) is 0 Å². The van der Waals surface area contributed by atoms with Crippen LogP contribution in [0.25, 0.3) is 0 Å². The summed E-state index contributed by atoms with van der Waals surface area (Å²) >= 11 is 0. The molecule has 0 bridgehead atoms. The third-order valence-corrected chi connectivity index (χ3v) is 10.1. The van der Waals surface area contributed by atoms with E-state index in [9.17, 15) is 18.0 Å². The molecule has 4 aromatic rings. The lowest BCUT2D eigenvalue weighted by Gasteiger charge is -2.16. The molecule has 1 heterocycles. The second-order valence-corrected chi connectivity index (χ2v) is 14.2. The fraction of sp³-hybridized carbons (Fsp3) is 0.413. The number of alkyl halides is 3. The number of carbonyl (C=O) groups excluding carboxylic acids is 2. The van der Waals surface area contributed by atoms with E-state index in [4.69, 9.17) is 14.9 Å². The molecule has 0 aliphatic carbocycles. The van der Waals surface area contributed by atoms with Crippen molar-refractivity contribution in [3.8, 4) is 0 Å². The van der Waals surface area contributed by atoms with Gasteiger partial charge in [0.05, 0.1) is 6.04 Å². The number of hydrogen-bond acceptors (Lipinski definition) is 4. The highest BCUT2D eigenvalue weighted by Crippen LogP contribution is 2.32. The largest absolute Gasteiger partial charge is 0.542 e. The van der Waals surface area contributed by atoms with Crippen molar-refractivity contribution in [1.82, 2.24) is 0 Å². The number of rotatable bonds is 11. The first-order valence-electron chi connectivity index (χ1n) is 19.2. The van der Waals surface area contributed by atoms with Crippen molar-refractivity contribution < 1.29 is 33.6 Å². The number of quaternary nitrogens is 1. The number of carboxylic acids is 1. The van der Waals surface area contributed by atoms with Gasteiger partial charge < -0.3 is 15.6 Å². The maximum absolute atomic E-state index is 12.3.